The Morgan fingerprint density at radius 3 is 2.75 bits per heavy atom. The maximum absolute atomic E-state index is 5.56. The van der Waals surface area contributed by atoms with E-state index in [1.807, 2.05) is 24.3 Å². The number of nitrogens with zero attached hydrogens (tertiary/aromatic N) is 1. The van der Waals surface area contributed by atoms with Gasteiger partial charge in [-0.25, -0.2) is 0 Å². The predicted octanol–water partition coefficient (Wildman–Crippen LogP) is 3.45. The molecule has 0 unspecified atom stereocenters. The second-order valence-corrected chi connectivity index (χ2v) is 5.31. The number of nitrogens with two attached hydrogens (primary N) is 1. The van der Waals surface area contributed by atoms with Crippen molar-refractivity contribution in [2.45, 2.75) is 16.3 Å². The van der Waals surface area contributed by atoms with E-state index in [1.54, 1.807) is 18.0 Å². The molecule has 0 saturated carbocycles. The van der Waals surface area contributed by atoms with Gasteiger partial charge >= 0.3 is 0 Å². The number of aromatic nitrogens is 1. The van der Waals surface area contributed by atoms with Crippen molar-refractivity contribution in [3.05, 3.63) is 52.8 Å². The van der Waals surface area contributed by atoms with E-state index >= 15 is 0 Å². The lowest BCUT2D eigenvalue weighted by molar-refractivity contribution is 0.976. The van der Waals surface area contributed by atoms with E-state index in [0.29, 0.717) is 6.54 Å². The molecule has 1 aromatic carbocycles. The number of halogens is 1. The second-order valence-electron chi connectivity index (χ2n) is 3.25. The van der Waals surface area contributed by atoms with Crippen molar-refractivity contribution in [3.63, 3.8) is 0 Å². The van der Waals surface area contributed by atoms with Crippen molar-refractivity contribution in [2.24, 2.45) is 5.73 Å². The summed E-state index contributed by atoms with van der Waals surface area (Å²) in [5.74, 6) is 0. The van der Waals surface area contributed by atoms with Crippen LogP contribution >= 0.6 is 27.7 Å². The van der Waals surface area contributed by atoms with Crippen LogP contribution in [0.25, 0.3) is 0 Å². The largest absolute Gasteiger partial charge is 0.325 e. The second kappa shape index (κ2) is 5.48. The van der Waals surface area contributed by atoms with E-state index in [9.17, 15) is 0 Å². The third-order valence-corrected chi connectivity index (χ3v) is 3.50. The summed E-state index contributed by atoms with van der Waals surface area (Å²) in [5, 5.41) is 0. The van der Waals surface area contributed by atoms with Crippen LogP contribution in [-0.2, 0) is 6.54 Å². The molecule has 0 amide bonds. The van der Waals surface area contributed by atoms with Gasteiger partial charge in [0.25, 0.3) is 0 Å². The van der Waals surface area contributed by atoms with Gasteiger partial charge in [0.2, 0.25) is 0 Å². The number of rotatable bonds is 3. The van der Waals surface area contributed by atoms with Crippen LogP contribution in [-0.4, -0.2) is 4.98 Å². The molecule has 0 aliphatic rings. The maximum Gasteiger partial charge on any atom is 0.0550 e. The Morgan fingerprint density at radius 2 is 2.00 bits per heavy atom. The van der Waals surface area contributed by atoms with Crippen LogP contribution in [0.3, 0.4) is 0 Å². The Bertz CT molecular complexity index is 488. The van der Waals surface area contributed by atoms with Gasteiger partial charge < -0.3 is 5.73 Å². The van der Waals surface area contributed by atoms with E-state index in [1.165, 1.54) is 4.90 Å². The molecule has 0 atom stereocenters. The first kappa shape index (κ1) is 11.6. The molecule has 82 valence electrons. The minimum Gasteiger partial charge on any atom is -0.325 e. The van der Waals surface area contributed by atoms with Crippen LogP contribution in [0.1, 0.15) is 5.69 Å². The molecule has 2 N–H and O–H groups in total. The zero-order valence-electron chi connectivity index (χ0n) is 8.56. The van der Waals surface area contributed by atoms with Gasteiger partial charge in [-0.3, -0.25) is 4.98 Å². The minimum atomic E-state index is 0.479. The molecule has 16 heavy (non-hydrogen) atoms. The highest BCUT2D eigenvalue weighted by atomic mass is 79.9. The van der Waals surface area contributed by atoms with Crippen molar-refractivity contribution in [2.75, 3.05) is 0 Å². The van der Waals surface area contributed by atoms with Gasteiger partial charge in [-0.2, -0.15) is 0 Å². The highest BCUT2D eigenvalue weighted by Gasteiger charge is 1.99. The molecule has 0 radical (unpaired) electrons. The Kier molecular flexibility index (Phi) is 3.98. The van der Waals surface area contributed by atoms with Crippen LogP contribution in [0.5, 0.6) is 0 Å². The smallest absolute Gasteiger partial charge is 0.0550 e. The summed E-state index contributed by atoms with van der Waals surface area (Å²) in [6, 6.07) is 12.2. The summed E-state index contributed by atoms with van der Waals surface area (Å²) in [6.07, 6.45) is 1.79. The molecular formula is C12H11BrN2S. The van der Waals surface area contributed by atoms with Crippen LogP contribution < -0.4 is 5.73 Å². The number of pyridine rings is 1. The quantitative estimate of drug-likeness (QED) is 0.942. The zero-order valence-corrected chi connectivity index (χ0v) is 11.0. The predicted molar refractivity (Wildman–Crippen MR) is 70.4 cm³/mol. The number of hydrogen-bond donors (Lipinski definition) is 1. The lowest BCUT2D eigenvalue weighted by Crippen LogP contribution is -1.98. The molecule has 2 nitrogen and oxygen atoms in total. The van der Waals surface area contributed by atoms with E-state index in [-0.39, 0.29) is 0 Å². The summed E-state index contributed by atoms with van der Waals surface area (Å²) < 4.78 is 1.09. The third-order valence-electron chi connectivity index (χ3n) is 2.03. The molecular weight excluding hydrogens is 284 g/mol. The zero-order chi connectivity index (χ0) is 11.4. The standard InChI is InChI=1S/C12H11BrN2S/c13-9-2-1-3-11(6-9)16-12-4-5-15-10(7-12)8-14/h1-7H,8,14H2. The Balaban J connectivity index is 2.20. The first-order valence-corrected chi connectivity index (χ1v) is 6.47. The van der Waals surface area contributed by atoms with E-state index in [0.717, 1.165) is 15.1 Å². The lowest BCUT2D eigenvalue weighted by Gasteiger charge is -2.03. The van der Waals surface area contributed by atoms with Gasteiger partial charge in [0.1, 0.15) is 0 Å². The number of hydrogen-bond acceptors (Lipinski definition) is 3. The average Bonchev–Trinajstić information content (AvgIpc) is 2.29. The maximum atomic E-state index is 5.56. The van der Waals surface area contributed by atoms with Crippen LogP contribution in [0.4, 0.5) is 0 Å². The normalized spacial score (nSPS) is 10.4. The molecule has 0 fully saturated rings. The monoisotopic (exact) mass is 294 g/mol. The topological polar surface area (TPSA) is 38.9 Å². The first-order valence-electron chi connectivity index (χ1n) is 4.86. The molecule has 2 rings (SSSR count). The average molecular weight is 295 g/mol. The Morgan fingerprint density at radius 1 is 1.19 bits per heavy atom. The third kappa shape index (κ3) is 3.07. The van der Waals surface area contributed by atoms with Crippen molar-refractivity contribution in [3.8, 4) is 0 Å². The fourth-order valence-corrected chi connectivity index (χ4v) is 2.78. The summed E-state index contributed by atoms with van der Waals surface area (Å²) in [5.41, 5.74) is 6.47. The minimum absolute atomic E-state index is 0.479. The van der Waals surface area contributed by atoms with Crippen LogP contribution in [0.15, 0.2) is 56.9 Å². The molecule has 4 heteroatoms. The Labute approximate surface area is 107 Å². The van der Waals surface area contributed by atoms with Gasteiger partial charge in [0.05, 0.1) is 5.69 Å². The van der Waals surface area contributed by atoms with Crippen molar-refractivity contribution in [1.82, 2.24) is 4.98 Å². The summed E-state index contributed by atoms with van der Waals surface area (Å²) in [6.45, 7) is 0.479. The number of benzene rings is 1. The van der Waals surface area contributed by atoms with Gasteiger partial charge in [-0.05, 0) is 30.3 Å². The van der Waals surface area contributed by atoms with Crippen molar-refractivity contribution >= 4 is 27.7 Å². The van der Waals surface area contributed by atoms with E-state index in [2.05, 4.69) is 33.0 Å². The SMILES string of the molecule is NCc1cc(Sc2cccc(Br)c2)ccn1. The Hall–Kier alpha value is -0.840. The summed E-state index contributed by atoms with van der Waals surface area (Å²) in [4.78, 5) is 6.53. The van der Waals surface area contributed by atoms with Crippen molar-refractivity contribution < 1.29 is 0 Å². The van der Waals surface area contributed by atoms with Crippen LogP contribution in [0, 0.1) is 0 Å². The molecule has 0 aliphatic heterocycles. The molecule has 0 spiro atoms. The van der Waals surface area contributed by atoms with Gasteiger partial charge in [0.15, 0.2) is 0 Å². The van der Waals surface area contributed by atoms with E-state index in [4.69, 9.17) is 5.73 Å². The highest BCUT2D eigenvalue weighted by molar-refractivity contribution is 9.10. The fourth-order valence-electron chi connectivity index (χ4n) is 1.30. The molecule has 0 aliphatic carbocycles. The molecule has 1 heterocycles. The van der Waals surface area contributed by atoms with Crippen LogP contribution in [0.2, 0.25) is 0 Å². The molecule has 2 aromatic rings. The lowest BCUT2D eigenvalue weighted by atomic mass is 10.3. The molecule has 0 saturated heterocycles. The first-order chi connectivity index (χ1) is 7.78. The summed E-state index contributed by atoms with van der Waals surface area (Å²) >= 11 is 5.16. The molecule has 0 bridgehead atoms. The fraction of sp³-hybridized carbons (Fsp3) is 0.0833. The highest BCUT2D eigenvalue weighted by Crippen LogP contribution is 2.29. The van der Waals surface area contributed by atoms with Crippen molar-refractivity contribution in [1.29, 1.82) is 0 Å². The molecule has 1 aromatic heterocycles. The van der Waals surface area contributed by atoms with Gasteiger partial charge in [-0.15, -0.1) is 0 Å². The van der Waals surface area contributed by atoms with Gasteiger partial charge in [-0.1, -0.05) is 33.8 Å². The van der Waals surface area contributed by atoms with E-state index < -0.39 is 0 Å². The van der Waals surface area contributed by atoms with Gasteiger partial charge in [0, 0.05) is 27.0 Å². The summed E-state index contributed by atoms with van der Waals surface area (Å²) in [7, 11) is 0.